The number of nitro groups is 1. The quantitative estimate of drug-likeness (QED) is 0.351. The molecule has 1 aliphatic rings. The average molecular weight is 205 g/mol. The van der Waals surface area contributed by atoms with Crippen LogP contribution in [-0.4, -0.2) is 16.8 Å². The third-order valence-corrected chi connectivity index (χ3v) is 2.22. The van der Waals surface area contributed by atoms with Gasteiger partial charge in [0.15, 0.2) is 0 Å². The second kappa shape index (κ2) is 3.68. The first kappa shape index (κ1) is 9.64. The van der Waals surface area contributed by atoms with Crippen LogP contribution in [0.5, 0.6) is 0 Å². The third-order valence-electron chi connectivity index (χ3n) is 2.22. The van der Waals surface area contributed by atoms with Crippen LogP contribution in [0, 0.1) is 10.1 Å². The van der Waals surface area contributed by atoms with Gasteiger partial charge in [-0.15, -0.1) is 0 Å². The Kier molecular flexibility index (Phi) is 2.37. The number of non-ortho nitro benzene ring substituents is 1. The van der Waals surface area contributed by atoms with Crippen molar-refractivity contribution in [2.45, 2.75) is 18.9 Å². The maximum Gasteiger partial charge on any atom is 0.270 e. The predicted molar refractivity (Wildman–Crippen MR) is 56.8 cm³/mol. The van der Waals surface area contributed by atoms with Crippen LogP contribution in [0.25, 0.3) is 0 Å². The molecule has 2 N–H and O–H groups in total. The molecule has 2 rings (SSSR count). The zero-order valence-corrected chi connectivity index (χ0v) is 8.09. The molecule has 1 fully saturated rings. The van der Waals surface area contributed by atoms with Gasteiger partial charge in [0, 0.05) is 17.7 Å². The number of nitro benzene ring substituents is 1. The van der Waals surface area contributed by atoms with E-state index in [9.17, 15) is 10.1 Å². The van der Waals surface area contributed by atoms with Crippen molar-refractivity contribution in [3.8, 4) is 0 Å². The highest BCUT2D eigenvalue weighted by Crippen LogP contribution is 2.24. The van der Waals surface area contributed by atoms with Crippen LogP contribution in [0.4, 0.5) is 5.69 Å². The Labute approximate surface area is 86.8 Å². The van der Waals surface area contributed by atoms with Gasteiger partial charge in [-0.1, -0.05) is 12.1 Å². The van der Waals surface area contributed by atoms with Crippen LogP contribution in [-0.2, 0) is 0 Å². The van der Waals surface area contributed by atoms with Gasteiger partial charge in [0.25, 0.3) is 5.69 Å². The molecule has 0 aliphatic heterocycles. The van der Waals surface area contributed by atoms with Crippen LogP contribution in [0.15, 0.2) is 29.3 Å². The number of nitrogens with two attached hydrogens (primary N) is 1. The number of rotatable bonds is 3. The third kappa shape index (κ3) is 2.31. The SMILES string of the molecule is NC(=NC1CC1)c1cccc([N+](=O)[O-])c1. The second-order valence-corrected chi connectivity index (χ2v) is 3.55. The Bertz CT molecular complexity index is 424. The van der Waals surface area contributed by atoms with Crippen molar-refractivity contribution in [1.29, 1.82) is 0 Å². The van der Waals surface area contributed by atoms with E-state index in [1.165, 1.54) is 12.1 Å². The molecule has 15 heavy (non-hydrogen) atoms. The fourth-order valence-electron chi connectivity index (χ4n) is 1.25. The minimum atomic E-state index is -0.437. The summed E-state index contributed by atoms with van der Waals surface area (Å²) in [6.45, 7) is 0. The molecule has 78 valence electrons. The molecule has 0 amide bonds. The van der Waals surface area contributed by atoms with Crippen molar-refractivity contribution in [3.05, 3.63) is 39.9 Å². The number of hydrogen-bond acceptors (Lipinski definition) is 3. The number of benzene rings is 1. The summed E-state index contributed by atoms with van der Waals surface area (Å²) in [7, 11) is 0. The van der Waals surface area contributed by atoms with Gasteiger partial charge >= 0.3 is 0 Å². The van der Waals surface area contributed by atoms with Gasteiger partial charge in [-0.05, 0) is 12.8 Å². The molecular weight excluding hydrogens is 194 g/mol. The molecule has 0 atom stereocenters. The second-order valence-electron chi connectivity index (χ2n) is 3.55. The van der Waals surface area contributed by atoms with E-state index < -0.39 is 4.92 Å². The van der Waals surface area contributed by atoms with Gasteiger partial charge in [-0.2, -0.15) is 0 Å². The van der Waals surface area contributed by atoms with Gasteiger partial charge in [0.1, 0.15) is 5.84 Å². The lowest BCUT2D eigenvalue weighted by atomic mass is 10.2. The summed E-state index contributed by atoms with van der Waals surface area (Å²) < 4.78 is 0. The van der Waals surface area contributed by atoms with E-state index in [0.29, 0.717) is 17.4 Å². The Hall–Kier alpha value is -1.91. The molecule has 1 aromatic carbocycles. The molecule has 0 saturated heterocycles. The Morgan fingerprint density at radius 1 is 1.53 bits per heavy atom. The summed E-state index contributed by atoms with van der Waals surface area (Å²) in [4.78, 5) is 14.3. The van der Waals surface area contributed by atoms with Crippen LogP contribution in [0.1, 0.15) is 18.4 Å². The summed E-state index contributed by atoms with van der Waals surface area (Å²) in [5, 5.41) is 10.5. The molecule has 0 radical (unpaired) electrons. The van der Waals surface area contributed by atoms with Crippen LogP contribution in [0.2, 0.25) is 0 Å². The lowest BCUT2D eigenvalue weighted by molar-refractivity contribution is -0.384. The molecule has 1 saturated carbocycles. The normalized spacial score (nSPS) is 16.4. The maximum atomic E-state index is 10.5. The number of amidine groups is 1. The van der Waals surface area contributed by atoms with Crippen molar-refractivity contribution >= 4 is 11.5 Å². The Morgan fingerprint density at radius 2 is 2.27 bits per heavy atom. The molecule has 0 unspecified atom stereocenters. The lowest BCUT2D eigenvalue weighted by Crippen LogP contribution is -2.14. The first-order valence-corrected chi connectivity index (χ1v) is 4.75. The molecule has 5 heteroatoms. The molecule has 0 bridgehead atoms. The minimum absolute atomic E-state index is 0.0430. The maximum absolute atomic E-state index is 10.5. The predicted octanol–water partition coefficient (Wildman–Crippen LogP) is 1.46. The summed E-state index contributed by atoms with van der Waals surface area (Å²) in [6, 6.07) is 6.55. The van der Waals surface area contributed by atoms with Crippen LogP contribution >= 0.6 is 0 Å². The largest absolute Gasteiger partial charge is 0.383 e. The average Bonchev–Trinajstić information content (AvgIpc) is 3.02. The van der Waals surface area contributed by atoms with Crippen molar-refractivity contribution < 1.29 is 4.92 Å². The van der Waals surface area contributed by atoms with Crippen molar-refractivity contribution in [2.75, 3.05) is 0 Å². The zero-order chi connectivity index (χ0) is 10.8. The molecule has 0 spiro atoms. The Balaban J connectivity index is 2.27. The summed E-state index contributed by atoms with van der Waals surface area (Å²) in [5.74, 6) is 0.390. The van der Waals surface area contributed by atoms with Crippen LogP contribution in [0.3, 0.4) is 0 Å². The summed E-state index contributed by atoms with van der Waals surface area (Å²) in [5.41, 5.74) is 6.40. The smallest absolute Gasteiger partial charge is 0.270 e. The lowest BCUT2D eigenvalue weighted by Gasteiger charge is -1.99. The van der Waals surface area contributed by atoms with Crippen molar-refractivity contribution in [2.24, 2.45) is 10.7 Å². The molecular formula is C10H11N3O2. The number of nitrogens with zero attached hydrogens (tertiary/aromatic N) is 2. The first-order chi connectivity index (χ1) is 7.16. The molecule has 1 aliphatic carbocycles. The highest BCUT2D eigenvalue weighted by atomic mass is 16.6. The monoisotopic (exact) mass is 205 g/mol. The van der Waals surface area contributed by atoms with E-state index in [1.807, 2.05) is 0 Å². The molecule has 5 nitrogen and oxygen atoms in total. The molecule has 0 aromatic heterocycles. The van der Waals surface area contributed by atoms with E-state index in [4.69, 9.17) is 5.73 Å². The first-order valence-electron chi connectivity index (χ1n) is 4.75. The van der Waals surface area contributed by atoms with E-state index in [1.54, 1.807) is 12.1 Å². The van der Waals surface area contributed by atoms with Gasteiger partial charge in [-0.25, -0.2) is 0 Å². The van der Waals surface area contributed by atoms with Crippen molar-refractivity contribution in [1.82, 2.24) is 0 Å². The standard InChI is InChI=1S/C10H11N3O2/c11-10(12-8-4-5-8)7-2-1-3-9(6-7)13(14)15/h1-3,6,8H,4-5H2,(H2,11,12). The molecule has 1 aromatic rings. The van der Waals surface area contributed by atoms with Crippen molar-refractivity contribution in [3.63, 3.8) is 0 Å². The minimum Gasteiger partial charge on any atom is -0.383 e. The van der Waals surface area contributed by atoms with E-state index in [2.05, 4.69) is 4.99 Å². The van der Waals surface area contributed by atoms with E-state index >= 15 is 0 Å². The highest BCUT2D eigenvalue weighted by molar-refractivity contribution is 5.98. The highest BCUT2D eigenvalue weighted by Gasteiger charge is 2.21. The van der Waals surface area contributed by atoms with Gasteiger partial charge in [0.05, 0.1) is 11.0 Å². The summed E-state index contributed by atoms with van der Waals surface area (Å²) >= 11 is 0. The topological polar surface area (TPSA) is 81.5 Å². The van der Waals surface area contributed by atoms with Gasteiger partial charge in [0.2, 0.25) is 0 Å². The zero-order valence-electron chi connectivity index (χ0n) is 8.09. The van der Waals surface area contributed by atoms with Gasteiger partial charge in [-0.3, -0.25) is 15.1 Å². The van der Waals surface area contributed by atoms with Crippen LogP contribution < -0.4 is 5.73 Å². The van der Waals surface area contributed by atoms with E-state index in [0.717, 1.165) is 12.8 Å². The summed E-state index contributed by atoms with van der Waals surface area (Å²) in [6.07, 6.45) is 2.13. The fraction of sp³-hybridized carbons (Fsp3) is 0.300. The Morgan fingerprint density at radius 3 is 2.87 bits per heavy atom. The fourth-order valence-corrected chi connectivity index (χ4v) is 1.25. The van der Waals surface area contributed by atoms with E-state index in [-0.39, 0.29) is 5.69 Å². The molecule has 0 heterocycles. The number of hydrogen-bond donors (Lipinski definition) is 1. The number of aliphatic imine (C=N–C) groups is 1. The van der Waals surface area contributed by atoms with Gasteiger partial charge < -0.3 is 5.73 Å².